The zero-order valence-electron chi connectivity index (χ0n) is 10.6. The van der Waals surface area contributed by atoms with E-state index in [1.807, 2.05) is 12.1 Å². The number of anilines is 3. The van der Waals surface area contributed by atoms with Crippen LogP contribution in [-0.2, 0) is 11.2 Å². The molecule has 0 aromatic heterocycles. The molecule has 2 rings (SSSR count). The molecule has 1 aliphatic heterocycles. The molecule has 4 nitrogen and oxygen atoms in total. The quantitative estimate of drug-likeness (QED) is 0.652. The van der Waals surface area contributed by atoms with Gasteiger partial charge in [0, 0.05) is 17.6 Å². The SMILES string of the molecule is CC(C)(C)Nc1cc2c(cc1N)CCC(=O)N2. The van der Waals surface area contributed by atoms with E-state index in [1.165, 1.54) is 0 Å². The molecule has 4 N–H and O–H groups in total. The maximum absolute atomic E-state index is 11.3. The van der Waals surface area contributed by atoms with Gasteiger partial charge in [0.1, 0.15) is 0 Å². The van der Waals surface area contributed by atoms with Crippen molar-refractivity contribution in [3.8, 4) is 0 Å². The van der Waals surface area contributed by atoms with Crippen LogP contribution in [0.25, 0.3) is 0 Å². The van der Waals surface area contributed by atoms with E-state index in [1.54, 1.807) is 0 Å². The van der Waals surface area contributed by atoms with Gasteiger partial charge in [0.2, 0.25) is 5.91 Å². The van der Waals surface area contributed by atoms with Crippen LogP contribution >= 0.6 is 0 Å². The zero-order chi connectivity index (χ0) is 12.6. The minimum Gasteiger partial charge on any atom is -0.397 e. The van der Waals surface area contributed by atoms with Gasteiger partial charge in [0.25, 0.3) is 0 Å². The van der Waals surface area contributed by atoms with Gasteiger partial charge in [-0.1, -0.05) is 0 Å². The van der Waals surface area contributed by atoms with Crippen molar-refractivity contribution >= 4 is 23.0 Å². The highest BCUT2D eigenvalue weighted by Gasteiger charge is 2.18. The Hall–Kier alpha value is -1.71. The third-order valence-corrected chi connectivity index (χ3v) is 2.68. The molecular formula is C13H19N3O. The summed E-state index contributed by atoms with van der Waals surface area (Å²) in [7, 11) is 0. The molecule has 0 aliphatic carbocycles. The summed E-state index contributed by atoms with van der Waals surface area (Å²) in [5.74, 6) is 0.0731. The average molecular weight is 233 g/mol. The highest BCUT2D eigenvalue weighted by Crippen LogP contribution is 2.32. The summed E-state index contributed by atoms with van der Waals surface area (Å²) < 4.78 is 0. The number of amides is 1. The number of benzene rings is 1. The Morgan fingerprint density at radius 2 is 2.00 bits per heavy atom. The monoisotopic (exact) mass is 233 g/mol. The van der Waals surface area contributed by atoms with Gasteiger partial charge in [-0.25, -0.2) is 0 Å². The van der Waals surface area contributed by atoms with E-state index < -0.39 is 0 Å². The van der Waals surface area contributed by atoms with Crippen LogP contribution in [0.1, 0.15) is 32.8 Å². The summed E-state index contributed by atoms with van der Waals surface area (Å²) in [4.78, 5) is 11.3. The van der Waals surface area contributed by atoms with Gasteiger partial charge in [-0.3, -0.25) is 4.79 Å². The molecule has 0 bridgehead atoms. The predicted molar refractivity (Wildman–Crippen MR) is 71.2 cm³/mol. The summed E-state index contributed by atoms with van der Waals surface area (Å²) in [5.41, 5.74) is 9.55. The molecular weight excluding hydrogens is 214 g/mol. The summed E-state index contributed by atoms with van der Waals surface area (Å²) >= 11 is 0. The van der Waals surface area contributed by atoms with Crippen molar-refractivity contribution in [2.45, 2.75) is 39.2 Å². The van der Waals surface area contributed by atoms with Crippen molar-refractivity contribution in [2.24, 2.45) is 0 Å². The minimum absolute atomic E-state index is 0.0545. The summed E-state index contributed by atoms with van der Waals surface area (Å²) in [6, 6.07) is 3.87. The summed E-state index contributed by atoms with van der Waals surface area (Å²) in [6.07, 6.45) is 1.31. The van der Waals surface area contributed by atoms with Gasteiger partial charge in [-0.2, -0.15) is 0 Å². The standard InChI is InChI=1S/C13H19N3O/c1-13(2,3)16-11-7-10-8(6-9(11)14)4-5-12(17)15-10/h6-7,16H,4-5,14H2,1-3H3,(H,15,17). The fourth-order valence-corrected chi connectivity index (χ4v) is 1.96. The highest BCUT2D eigenvalue weighted by molar-refractivity contribution is 5.95. The molecule has 0 radical (unpaired) electrons. The fraction of sp³-hybridized carbons (Fsp3) is 0.462. The first-order chi connectivity index (χ1) is 7.85. The summed E-state index contributed by atoms with van der Waals surface area (Å²) in [5, 5.41) is 6.22. The molecule has 1 aliphatic rings. The van der Waals surface area contributed by atoms with E-state index in [0.29, 0.717) is 6.42 Å². The van der Waals surface area contributed by atoms with Crippen LogP contribution in [0.2, 0.25) is 0 Å². The van der Waals surface area contributed by atoms with Crippen molar-refractivity contribution in [2.75, 3.05) is 16.4 Å². The Morgan fingerprint density at radius 3 is 2.65 bits per heavy atom. The number of hydrogen-bond acceptors (Lipinski definition) is 3. The smallest absolute Gasteiger partial charge is 0.224 e. The Kier molecular flexibility index (Phi) is 2.73. The highest BCUT2D eigenvalue weighted by atomic mass is 16.1. The van der Waals surface area contributed by atoms with Gasteiger partial charge in [0.05, 0.1) is 11.4 Å². The van der Waals surface area contributed by atoms with Crippen LogP contribution < -0.4 is 16.4 Å². The lowest BCUT2D eigenvalue weighted by molar-refractivity contribution is -0.116. The minimum atomic E-state index is -0.0545. The van der Waals surface area contributed by atoms with Crippen LogP contribution in [0.3, 0.4) is 0 Å². The Labute approximate surface area is 102 Å². The number of carbonyl (C=O) groups excluding carboxylic acids is 1. The van der Waals surface area contributed by atoms with E-state index in [9.17, 15) is 4.79 Å². The second-order valence-corrected chi connectivity index (χ2v) is 5.52. The van der Waals surface area contributed by atoms with Crippen molar-refractivity contribution in [3.63, 3.8) is 0 Å². The van der Waals surface area contributed by atoms with E-state index in [4.69, 9.17) is 5.73 Å². The van der Waals surface area contributed by atoms with Crippen molar-refractivity contribution < 1.29 is 4.79 Å². The zero-order valence-corrected chi connectivity index (χ0v) is 10.6. The molecule has 17 heavy (non-hydrogen) atoms. The molecule has 0 spiro atoms. The number of fused-ring (bicyclic) bond motifs is 1. The van der Waals surface area contributed by atoms with Crippen LogP contribution in [0.15, 0.2) is 12.1 Å². The second kappa shape index (κ2) is 3.95. The van der Waals surface area contributed by atoms with Gasteiger partial charge in [-0.05, 0) is 44.9 Å². The lowest BCUT2D eigenvalue weighted by atomic mass is 10.0. The number of aryl methyl sites for hydroxylation is 1. The topological polar surface area (TPSA) is 67.1 Å². The molecule has 4 heteroatoms. The van der Waals surface area contributed by atoms with Gasteiger partial charge < -0.3 is 16.4 Å². The number of nitrogens with two attached hydrogens (primary N) is 1. The lowest BCUT2D eigenvalue weighted by Crippen LogP contribution is -2.27. The fourth-order valence-electron chi connectivity index (χ4n) is 1.96. The molecule has 0 atom stereocenters. The molecule has 1 aromatic carbocycles. The van der Waals surface area contributed by atoms with E-state index >= 15 is 0 Å². The van der Waals surface area contributed by atoms with Crippen molar-refractivity contribution in [1.29, 1.82) is 0 Å². The van der Waals surface area contributed by atoms with Gasteiger partial charge in [0.15, 0.2) is 0 Å². The number of carbonyl (C=O) groups is 1. The molecule has 0 unspecified atom stereocenters. The first kappa shape index (κ1) is 11.8. The van der Waals surface area contributed by atoms with Crippen LogP contribution in [-0.4, -0.2) is 11.4 Å². The van der Waals surface area contributed by atoms with Crippen molar-refractivity contribution in [1.82, 2.24) is 0 Å². The number of nitrogen functional groups attached to an aromatic ring is 1. The van der Waals surface area contributed by atoms with Gasteiger partial charge >= 0.3 is 0 Å². The predicted octanol–water partition coefficient (Wildman–Crippen LogP) is 2.36. The second-order valence-electron chi connectivity index (χ2n) is 5.52. The normalized spacial score (nSPS) is 15.1. The average Bonchev–Trinajstić information content (AvgIpc) is 2.17. The third-order valence-electron chi connectivity index (χ3n) is 2.68. The van der Waals surface area contributed by atoms with E-state index in [0.717, 1.165) is 29.0 Å². The molecule has 0 saturated carbocycles. The third kappa shape index (κ3) is 2.70. The molecule has 1 aromatic rings. The number of nitrogens with one attached hydrogen (secondary N) is 2. The Balaban J connectivity index is 2.35. The molecule has 92 valence electrons. The van der Waals surface area contributed by atoms with Crippen LogP contribution in [0.5, 0.6) is 0 Å². The summed E-state index contributed by atoms with van der Waals surface area (Å²) in [6.45, 7) is 6.22. The maximum atomic E-state index is 11.3. The number of rotatable bonds is 1. The van der Waals surface area contributed by atoms with E-state index in [2.05, 4.69) is 31.4 Å². The Morgan fingerprint density at radius 1 is 1.29 bits per heavy atom. The largest absolute Gasteiger partial charge is 0.397 e. The first-order valence-electron chi connectivity index (χ1n) is 5.85. The molecule has 1 heterocycles. The van der Waals surface area contributed by atoms with Crippen LogP contribution in [0, 0.1) is 0 Å². The van der Waals surface area contributed by atoms with Gasteiger partial charge in [-0.15, -0.1) is 0 Å². The molecule has 1 amide bonds. The lowest BCUT2D eigenvalue weighted by Gasteiger charge is -2.25. The van der Waals surface area contributed by atoms with E-state index in [-0.39, 0.29) is 11.4 Å². The van der Waals surface area contributed by atoms with Crippen LogP contribution in [0.4, 0.5) is 17.1 Å². The maximum Gasteiger partial charge on any atom is 0.224 e. The molecule has 0 saturated heterocycles. The molecule has 0 fully saturated rings. The number of hydrogen-bond donors (Lipinski definition) is 3. The Bertz CT molecular complexity index is 460. The first-order valence-corrected chi connectivity index (χ1v) is 5.85. The van der Waals surface area contributed by atoms with Crippen molar-refractivity contribution in [3.05, 3.63) is 17.7 Å².